The Kier molecular flexibility index (Phi) is 4.16. The molecule has 104 valence electrons. The fourth-order valence-corrected chi connectivity index (χ4v) is 2.50. The van der Waals surface area contributed by atoms with Gasteiger partial charge in [-0.15, -0.1) is 0 Å². The van der Waals surface area contributed by atoms with Gasteiger partial charge in [-0.3, -0.25) is 0 Å². The lowest BCUT2D eigenvalue weighted by atomic mass is 10.1. The van der Waals surface area contributed by atoms with Gasteiger partial charge in [0.2, 0.25) is 0 Å². The number of rotatable bonds is 4. The Hall–Kier alpha value is -2.18. The molecule has 0 aliphatic carbocycles. The number of hydrogen-bond acceptors (Lipinski definition) is 5. The standard InChI is InChI=1S/C14H13NO4S/c15-13(11-7-3-1-4-8-11)14(16)19-20(17,18)12-9-5-2-6-10-12/h1-10,13H,15H2. The molecule has 0 amide bonds. The van der Waals surface area contributed by atoms with Crippen LogP contribution in [0.25, 0.3) is 0 Å². The van der Waals surface area contributed by atoms with Gasteiger partial charge in [-0.05, 0) is 17.7 Å². The molecular formula is C14H13NO4S. The van der Waals surface area contributed by atoms with Crippen LogP contribution in [0.4, 0.5) is 0 Å². The molecule has 0 aliphatic heterocycles. The summed E-state index contributed by atoms with van der Waals surface area (Å²) in [5, 5.41) is 0. The highest BCUT2D eigenvalue weighted by Gasteiger charge is 2.25. The first kappa shape index (κ1) is 14.2. The van der Waals surface area contributed by atoms with E-state index in [9.17, 15) is 13.2 Å². The first-order valence-electron chi connectivity index (χ1n) is 5.84. The molecule has 20 heavy (non-hydrogen) atoms. The molecule has 0 bridgehead atoms. The number of nitrogens with two attached hydrogens (primary N) is 1. The predicted octanol–water partition coefficient (Wildman–Crippen LogP) is 1.62. The zero-order chi connectivity index (χ0) is 14.6. The van der Waals surface area contributed by atoms with Crippen molar-refractivity contribution in [2.75, 3.05) is 0 Å². The van der Waals surface area contributed by atoms with Crippen LogP contribution in [0, 0.1) is 0 Å². The smallest absolute Gasteiger partial charge is 0.340 e. The zero-order valence-electron chi connectivity index (χ0n) is 10.5. The Morgan fingerprint density at radius 1 is 0.950 bits per heavy atom. The van der Waals surface area contributed by atoms with Crippen molar-refractivity contribution in [3.05, 3.63) is 66.2 Å². The average Bonchev–Trinajstić information content (AvgIpc) is 2.48. The summed E-state index contributed by atoms with van der Waals surface area (Å²) >= 11 is 0. The summed E-state index contributed by atoms with van der Waals surface area (Å²) in [5.41, 5.74) is 6.17. The molecule has 0 aromatic heterocycles. The highest BCUT2D eigenvalue weighted by atomic mass is 32.2. The number of carbonyl (C=O) groups excluding carboxylic acids is 1. The monoisotopic (exact) mass is 291 g/mol. The fourth-order valence-electron chi connectivity index (χ4n) is 1.59. The van der Waals surface area contributed by atoms with E-state index in [0.717, 1.165) is 0 Å². The van der Waals surface area contributed by atoms with E-state index in [1.807, 2.05) is 0 Å². The van der Waals surface area contributed by atoms with Crippen LogP contribution < -0.4 is 5.73 Å². The molecule has 0 radical (unpaired) electrons. The van der Waals surface area contributed by atoms with E-state index in [4.69, 9.17) is 5.73 Å². The Morgan fingerprint density at radius 2 is 1.45 bits per heavy atom. The van der Waals surface area contributed by atoms with Crippen molar-refractivity contribution >= 4 is 16.1 Å². The largest absolute Gasteiger partial charge is 0.343 e. The van der Waals surface area contributed by atoms with Crippen LogP contribution in [0.1, 0.15) is 11.6 Å². The second kappa shape index (κ2) is 5.85. The van der Waals surface area contributed by atoms with Crippen LogP contribution in [0.5, 0.6) is 0 Å². The van der Waals surface area contributed by atoms with Crippen molar-refractivity contribution in [3.8, 4) is 0 Å². The molecular weight excluding hydrogens is 278 g/mol. The second-order valence-electron chi connectivity index (χ2n) is 4.06. The van der Waals surface area contributed by atoms with E-state index in [1.54, 1.807) is 36.4 Å². The van der Waals surface area contributed by atoms with Gasteiger partial charge in [0.05, 0.1) is 0 Å². The second-order valence-corrected chi connectivity index (χ2v) is 5.60. The van der Waals surface area contributed by atoms with Gasteiger partial charge in [0.1, 0.15) is 10.9 Å². The minimum atomic E-state index is -4.14. The molecule has 2 N–H and O–H groups in total. The van der Waals surface area contributed by atoms with Gasteiger partial charge < -0.3 is 9.92 Å². The third-order valence-corrected chi connectivity index (χ3v) is 3.87. The maximum Gasteiger partial charge on any atom is 0.343 e. The van der Waals surface area contributed by atoms with Gasteiger partial charge in [-0.2, -0.15) is 8.42 Å². The minimum absolute atomic E-state index is 0.0892. The van der Waals surface area contributed by atoms with Crippen molar-refractivity contribution in [1.82, 2.24) is 0 Å². The molecule has 1 atom stereocenters. The van der Waals surface area contributed by atoms with Crippen LogP contribution in [0.2, 0.25) is 0 Å². The third-order valence-electron chi connectivity index (χ3n) is 2.64. The van der Waals surface area contributed by atoms with Crippen molar-refractivity contribution in [3.63, 3.8) is 0 Å². The molecule has 0 saturated carbocycles. The third kappa shape index (κ3) is 3.23. The van der Waals surface area contributed by atoms with E-state index >= 15 is 0 Å². The van der Waals surface area contributed by atoms with Gasteiger partial charge in [-0.25, -0.2) is 4.79 Å². The topological polar surface area (TPSA) is 86.5 Å². The average molecular weight is 291 g/mol. The quantitative estimate of drug-likeness (QED) is 0.865. The van der Waals surface area contributed by atoms with E-state index in [-0.39, 0.29) is 4.90 Å². The zero-order valence-corrected chi connectivity index (χ0v) is 11.3. The lowest BCUT2D eigenvalue weighted by molar-refractivity contribution is -0.135. The number of carbonyl (C=O) groups is 1. The van der Waals surface area contributed by atoms with E-state index in [0.29, 0.717) is 5.56 Å². The lowest BCUT2D eigenvalue weighted by Crippen LogP contribution is -2.26. The Balaban J connectivity index is 2.16. The maximum atomic E-state index is 11.9. The summed E-state index contributed by atoms with van der Waals surface area (Å²) in [4.78, 5) is 11.7. The van der Waals surface area contributed by atoms with E-state index < -0.39 is 22.1 Å². The molecule has 0 saturated heterocycles. The van der Waals surface area contributed by atoms with Gasteiger partial charge in [0, 0.05) is 0 Å². The van der Waals surface area contributed by atoms with Gasteiger partial charge in [-0.1, -0.05) is 48.5 Å². The maximum absolute atomic E-state index is 11.9. The molecule has 2 rings (SSSR count). The van der Waals surface area contributed by atoms with Crippen molar-refractivity contribution < 1.29 is 17.4 Å². The summed E-state index contributed by atoms with van der Waals surface area (Å²) in [6, 6.07) is 14.7. The Labute approximate surface area is 117 Å². The van der Waals surface area contributed by atoms with Crippen molar-refractivity contribution in [1.29, 1.82) is 0 Å². The Morgan fingerprint density at radius 3 is 2.00 bits per heavy atom. The van der Waals surface area contributed by atoms with Gasteiger partial charge >= 0.3 is 16.1 Å². The number of benzene rings is 2. The normalized spacial score (nSPS) is 12.7. The van der Waals surface area contributed by atoms with Crippen LogP contribution in [0.15, 0.2) is 65.6 Å². The fraction of sp³-hybridized carbons (Fsp3) is 0.0714. The summed E-state index contributed by atoms with van der Waals surface area (Å²) < 4.78 is 28.3. The summed E-state index contributed by atoms with van der Waals surface area (Å²) in [7, 11) is -4.14. The molecule has 0 spiro atoms. The molecule has 0 fully saturated rings. The van der Waals surface area contributed by atoms with Crippen LogP contribution in [-0.2, 0) is 19.1 Å². The molecule has 6 heteroatoms. The highest BCUT2D eigenvalue weighted by molar-refractivity contribution is 7.87. The van der Waals surface area contributed by atoms with Gasteiger partial charge in [0.25, 0.3) is 0 Å². The Bertz CT molecular complexity index is 684. The molecule has 0 aliphatic rings. The molecule has 2 aromatic carbocycles. The van der Waals surface area contributed by atoms with Crippen molar-refractivity contribution in [2.24, 2.45) is 5.73 Å². The van der Waals surface area contributed by atoms with Crippen LogP contribution in [0.3, 0.4) is 0 Å². The SMILES string of the molecule is NC(C(=O)OS(=O)(=O)c1ccccc1)c1ccccc1. The molecule has 1 unspecified atom stereocenters. The molecule has 5 nitrogen and oxygen atoms in total. The summed E-state index contributed by atoms with van der Waals surface area (Å²) in [6.07, 6.45) is 0. The predicted molar refractivity (Wildman–Crippen MR) is 73.1 cm³/mol. The molecule has 0 heterocycles. The summed E-state index contributed by atoms with van der Waals surface area (Å²) in [6.45, 7) is 0. The van der Waals surface area contributed by atoms with Crippen LogP contribution in [-0.4, -0.2) is 14.4 Å². The summed E-state index contributed by atoms with van der Waals surface area (Å²) in [5.74, 6) is -1.01. The first-order valence-corrected chi connectivity index (χ1v) is 7.25. The highest BCUT2D eigenvalue weighted by Crippen LogP contribution is 2.16. The first-order chi connectivity index (χ1) is 9.50. The lowest BCUT2D eigenvalue weighted by Gasteiger charge is -2.11. The minimum Gasteiger partial charge on any atom is -0.340 e. The van der Waals surface area contributed by atoms with Gasteiger partial charge in [0.15, 0.2) is 0 Å². The molecule has 2 aromatic rings. The van der Waals surface area contributed by atoms with E-state index in [2.05, 4.69) is 4.18 Å². The van der Waals surface area contributed by atoms with Crippen molar-refractivity contribution in [2.45, 2.75) is 10.9 Å². The van der Waals surface area contributed by atoms with E-state index in [1.165, 1.54) is 24.3 Å². The number of hydrogen-bond donors (Lipinski definition) is 1. The van der Waals surface area contributed by atoms with Crippen LogP contribution >= 0.6 is 0 Å².